The van der Waals surface area contributed by atoms with Gasteiger partial charge in [-0.15, -0.1) is 5.06 Å². The topological polar surface area (TPSA) is 125 Å². The van der Waals surface area contributed by atoms with Crippen LogP contribution in [0.15, 0.2) is 0 Å². The Balaban J connectivity index is 1.58. The van der Waals surface area contributed by atoms with Gasteiger partial charge in [0.15, 0.2) is 0 Å². The predicted molar refractivity (Wildman–Crippen MR) is 102 cm³/mol. The molecule has 10 nitrogen and oxygen atoms in total. The number of amides is 4. The maximum atomic E-state index is 12.3. The first-order valence-corrected chi connectivity index (χ1v) is 10.1. The smallest absolute Gasteiger partial charge is 0.334 e. The van der Waals surface area contributed by atoms with E-state index in [1.54, 1.807) is 0 Å². The van der Waals surface area contributed by atoms with E-state index in [2.05, 4.69) is 29.4 Å². The Morgan fingerprint density at radius 2 is 1.72 bits per heavy atom. The third-order valence-corrected chi connectivity index (χ3v) is 4.77. The molecule has 0 bridgehead atoms. The van der Waals surface area contributed by atoms with Crippen molar-refractivity contribution < 1.29 is 28.8 Å². The molecule has 2 fully saturated rings. The van der Waals surface area contributed by atoms with Crippen LogP contribution < -0.4 is 10.6 Å². The number of imide groups is 1. The van der Waals surface area contributed by atoms with Crippen molar-refractivity contribution >= 4 is 29.6 Å². The average Bonchev–Trinajstić information content (AvgIpc) is 3.22. The summed E-state index contributed by atoms with van der Waals surface area (Å²) in [5.74, 6) is -1.73. The predicted octanol–water partition coefficient (Wildman–Crippen LogP) is -0.273. The quantitative estimate of drug-likeness (QED) is 0.284. The van der Waals surface area contributed by atoms with E-state index in [1.807, 2.05) is 0 Å². The third kappa shape index (κ3) is 7.12. The summed E-state index contributed by atoms with van der Waals surface area (Å²) in [6, 6.07) is -0.133. The molecule has 0 aliphatic carbocycles. The van der Waals surface area contributed by atoms with Crippen LogP contribution in [0.3, 0.4) is 0 Å². The van der Waals surface area contributed by atoms with E-state index in [4.69, 9.17) is 4.84 Å². The second-order valence-electron chi connectivity index (χ2n) is 7.73. The SMILES string of the molecule is CC(C)[13CH2]N1CCC[13CH]1C(=O)[15NH][13CH2][13CH2][13C](=O)[15NH]C[13CH2][13C](=O)ON1C(=O)CCC1=O. The van der Waals surface area contributed by atoms with Gasteiger partial charge in [0.05, 0.1) is 12.5 Å². The van der Waals surface area contributed by atoms with Crippen molar-refractivity contribution in [3.8, 4) is 0 Å². The molecule has 1 unspecified atom stereocenters. The zero-order valence-corrected chi connectivity index (χ0v) is 17.1. The van der Waals surface area contributed by atoms with Gasteiger partial charge in [-0.1, -0.05) is 13.8 Å². The highest BCUT2D eigenvalue weighted by molar-refractivity contribution is 6.01. The van der Waals surface area contributed by atoms with Crippen LogP contribution in [0.4, 0.5) is 0 Å². The third-order valence-electron chi connectivity index (χ3n) is 4.77. The lowest BCUT2D eigenvalue weighted by Crippen LogP contribution is -2.45. The summed E-state index contributed by atoms with van der Waals surface area (Å²) in [4.78, 5) is 65.4. The number of nitrogens with zero attached hydrogens (tertiary/aromatic N) is 2. The van der Waals surface area contributed by atoms with E-state index < -0.39 is 17.8 Å². The summed E-state index contributed by atoms with van der Waals surface area (Å²) in [7, 11) is 0. The van der Waals surface area contributed by atoms with Gasteiger partial charge in [0.1, 0.15) is 0 Å². The molecule has 0 spiro atoms. The van der Waals surface area contributed by atoms with Crippen LogP contribution in [0.2, 0.25) is 0 Å². The van der Waals surface area contributed by atoms with Crippen molar-refractivity contribution in [1.29, 1.82) is 0 Å². The van der Waals surface area contributed by atoms with Crippen molar-refractivity contribution in [3.63, 3.8) is 0 Å². The van der Waals surface area contributed by atoms with Crippen molar-refractivity contribution in [2.75, 3.05) is 26.2 Å². The Kier molecular flexibility index (Phi) is 8.56. The highest BCUT2D eigenvalue weighted by atomic mass is 16.8. The minimum atomic E-state index is -0.770. The summed E-state index contributed by atoms with van der Waals surface area (Å²) in [5, 5.41) is 5.83. The van der Waals surface area contributed by atoms with Crippen molar-refractivity contribution in [2.24, 2.45) is 5.92 Å². The molecule has 0 aromatic rings. The van der Waals surface area contributed by atoms with Crippen LogP contribution in [0.25, 0.3) is 0 Å². The Morgan fingerprint density at radius 1 is 1.07 bits per heavy atom. The number of nitrogens with one attached hydrogen (secondary N) is 2. The summed E-state index contributed by atoms with van der Waals surface area (Å²) in [6.07, 6.45) is 1.82. The molecule has 0 aromatic heterocycles. The number of likely N-dealkylation sites (tertiary alicyclic amines) is 1. The molecule has 29 heavy (non-hydrogen) atoms. The summed E-state index contributed by atoms with van der Waals surface area (Å²) >= 11 is 0. The van der Waals surface area contributed by atoms with Crippen LogP contribution >= 0.6 is 0 Å². The molecule has 0 radical (unpaired) electrons. The van der Waals surface area contributed by atoms with Crippen LogP contribution in [0.5, 0.6) is 0 Å². The molecule has 1 atom stereocenters. The van der Waals surface area contributed by atoms with E-state index in [0.717, 1.165) is 25.9 Å². The number of rotatable bonds is 10. The zero-order chi connectivity index (χ0) is 21.4. The molecule has 4 amide bonds. The van der Waals surface area contributed by atoms with Crippen LogP contribution in [-0.2, 0) is 28.8 Å². The molecule has 10 heteroatoms. The van der Waals surface area contributed by atoms with Gasteiger partial charge < -0.3 is 15.5 Å². The fourth-order valence-corrected chi connectivity index (χ4v) is 3.43. The minimum absolute atomic E-state index is 0.0205. The van der Waals surface area contributed by atoms with Gasteiger partial charge in [-0.2, -0.15) is 0 Å². The lowest BCUT2D eigenvalue weighted by Gasteiger charge is -2.25. The Bertz CT molecular complexity index is 635. The van der Waals surface area contributed by atoms with Crippen LogP contribution in [-0.4, -0.2) is 71.8 Å². The number of hydrogen-bond acceptors (Lipinski definition) is 7. The molecular weight excluding hydrogens is 389 g/mol. The molecule has 2 rings (SSSR count). The van der Waals surface area contributed by atoms with Crippen LogP contribution in [0.1, 0.15) is 52.4 Å². The molecule has 0 aromatic carbocycles. The zero-order valence-electron chi connectivity index (χ0n) is 17.1. The molecule has 2 aliphatic rings. The second-order valence-corrected chi connectivity index (χ2v) is 7.73. The largest absolute Gasteiger partial charge is 0.355 e. The Hall–Kier alpha value is -2.49. The summed E-state index contributed by atoms with van der Waals surface area (Å²) < 4.78 is 0. The molecule has 162 valence electrons. The first-order valence-electron chi connectivity index (χ1n) is 10.1. The molecule has 2 heterocycles. The van der Waals surface area contributed by atoms with Crippen LogP contribution in [0, 0.1) is 5.92 Å². The minimum Gasteiger partial charge on any atom is -0.355 e. The average molecular weight is 419 g/mol. The Labute approximate surface area is 170 Å². The Morgan fingerprint density at radius 3 is 2.38 bits per heavy atom. The molecule has 0 saturated carbocycles. The second kappa shape index (κ2) is 10.9. The van der Waals surface area contributed by atoms with Gasteiger partial charge in [0.2, 0.25) is 11.8 Å². The fourth-order valence-electron chi connectivity index (χ4n) is 3.43. The van der Waals surface area contributed by atoms with Gasteiger partial charge in [-0.3, -0.25) is 24.1 Å². The number of carbonyl (C=O) groups excluding carboxylic acids is 5. The van der Waals surface area contributed by atoms with E-state index in [0.29, 0.717) is 11.0 Å². The monoisotopic (exact) mass is 419 g/mol. The number of hydroxylamine groups is 2. The molecule has 2 N–H and O–H groups in total. The highest BCUT2D eigenvalue weighted by Gasteiger charge is 2.33. The van der Waals surface area contributed by atoms with Crippen molar-refractivity contribution in [3.05, 3.63) is 0 Å². The van der Waals surface area contributed by atoms with Crippen molar-refractivity contribution in [2.45, 2.75) is 58.4 Å². The van der Waals surface area contributed by atoms with Gasteiger partial charge in [-0.25, -0.2) is 4.79 Å². The lowest BCUT2D eigenvalue weighted by molar-refractivity contribution is -0.197. The highest BCUT2D eigenvalue weighted by Crippen LogP contribution is 2.18. The first-order chi connectivity index (χ1) is 13.8. The number of hydrogen-bond donors (Lipinski definition) is 2. The van der Waals surface area contributed by atoms with Gasteiger partial charge >= 0.3 is 5.97 Å². The maximum absolute atomic E-state index is 12.3. The van der Waals surface area contributed by atoms with E-state index in [-0.39, 0.29) is 56.6 Å². The fraction of sp³-hybridized carbons (Fsp3) is 0.737. The molecule has 2 aliphatic heterocycles. The summed E-state index contributed by atoms with van der Waals surface area (Å²) in [5.41, 5.74) is 0. The summed E-state index contributed by atoms with van der Waals surface area (Å²) in [6.45, 7) is 6.28. The van der Waals surface area contributed by atoms with Crippen molar-refractivity contribution in [1.82, 2.24) is 20.6 Å². The normalized spacial score (nSPS) is 19.7. The van der Waals surface area contributed by atoms with Gasteiger partial charge in [0, 0.05) is 38.9 Å². The van der Waals surface area contributed by atoms with E-state index >= 15 is 0 Å². The molecule has 2 saturated heterocycles. The van der Waals surface area contributed by atoms with E-state index in [9.17, 15) is 24.0 Å². The van der Waals surface area contributed by atoms with Gasteiger partial charge in [0.25, 0.3) is 11.8 Å². The molecular formula is C19H30N4O6. The lowest BCUT2D eigenvalue weighted by atomic mass is 10.4. The van der Waals surface area contributed by atoms with E-state index in [1.165, 1.54) is 0 Å². The van der Waals surface area contributed by atoms with Gasteiger partial charge in [-0.05, 0) is 25.3 Å². The number of carbonyl (C=O) groups is 5. The standard InChI is InChI=1S/C19H30N4O6/c1-13(2)12-22-11-3-4-14(22)19(28)21-9-7-15(24)20-10-8-18(27)29-23-16(25)5-6-17(23)26/h13-14H,3-12H2,1-2H3,(H,20,24)(H,21,28)/i7+1,8+1,9+1,12+1,14+1,15+1,18+1,20+1,21+1. The first kappa shape index (κ1) is 22.8. The maximum Gasteiger partial charge on any atom is 0.334 e.